The van der Waals surface area contributed by atoms with Gasteiger partial charge in [-0.25, -0.2) is 0 Å². The molecule has 1 aromatic rings. The van der Waals surface area contributed by atoms with E-state index in [1.165, 1.54) is 11.3 Å². The molecule has 5 nitrogen and oxygen atoms in total. The maximum Gasteiger partial charge on any atom is 0.137 e. The molecule has 0 bridgehead atoms. The number of hydrogen-bond donors (Lipinski definition) is 2. The molecule has 0 saturated heterocycles. The van der Waals surface area contributed by atoms with E-state index in [4.69, 9.17) is 9.47 Å². The first-order chi connectivity index (χ1) is 9.85. The van der Waals surface area contributed by atoms with Crippen LogP contribution in [0.15, 0.2) is 29.6 Å². The van der Waals surface area contributed by atoms with E-state index in [2.05, 4.69) is 15.6 Å². The van der Waals surface area contributed by atoms with Crippen molar-refractivity contribution >= 4 is 0 Å². The highest BCUT2D eigenvalue weighted by Gasteiger charge is 2.22. The molecular weight excluding hydrogens is 254 g/mol. The monoisotopic (exact) mass is 275 g/mol. The Morgan fingerprint density at radius 3 is 3.15 bits per heavy atom. The van der Waals surface area contributed by atoms with Crippen LogP contribution in [0.1, 0.15) is 18.5 Å². The number of rotatable bonds is 4. The standard InChI is InChI=1S/C15H21N3O2/c1-19-13-3-2-12(17-8-13)10-20-14-6-11-7-16-5-4-15(11)18-9-14/h2-3,8,14,16,18H,4-7,9-10H2,1H3. The van der Waals surface area contributed by atoms with Gasteiger partial charge in [0.15, 0.2) is 0 Å². The Kier molecular flexibility index (Phi) is 4.18. The summed E-state index contributed by atoms with van der Waals surface area (Å²) in [6.45, 7) is 3.51. The highest BCUT2D eigenvalue weighted by molar-refractivity contribution is 5.22. The first-order valence-electron chi connectivity index (χ1n) is 7.11. The van der Waals surface area contributed by atoms with Crippen LogP contribution in [-0.2, 0) is 11.3 Å². The molecule has 3 rings (SSSR count). The Morgan fingerprint density at radius 2 is 2.35 bits per heavy atom. The molecule has 0 radical (unpaired) electrons. The van der Waals surface area contributed by atoms with Gasteiger partial charge in [0, 0.05) is 25.3 Å². The highest BCUT2D eigenvalue weighted by atomic mass is 16.5. The predicted molar refractivity (Wildman–Crippen MR) is 76.5 cm³/mol. The van der Waals surface area contributed by atoms with E-state index in [1.54, 1.807) is 13.3 Å². The molecule has 0 spiro atoms. The second-order valence-corrected chi connectivity index (χ2v) is 5.22. The number of hydrogen-bond acceptors (Lipinski definition) is 5. The quantitative estimate of drug-likeness (QED) is 0.865. The van der Waals surface area contributed by atoms with Crippen molar-refractivity contribution in [2.24, 2.45) is 0 Å². The molecule has 20 heavy (non-hydrogen) atoms. The van der Waals surface area contributed by atoms with Crippen molar-refractivity contribution in [1.29, 1.82) is 0 Å². The Bertz CT molecular complexity index is 484. The minimum absolute atomic E-state index is 0.234. The zero-order valence-corrected chi connectivity index (χ0v) is 11.8. The summed E-state index contributed by atoms with van der Waals surface area (Å²) in [6.07, 6.45) is 4.09. The van der Waals surface area contributed by atoms with Crippen LogP contribution < -0.4 is 15.4 Å². The van der Waals surface area contributed by atoms with E-state index in [0.717, 1.165) is 43.9 Å². The Labute approximate surface area is 119 Å². The summed E-state index contributed by atoms with van der Waals surface area (Å²) in [5.41, 5.74) is 3.83. The lowest BCUT2D eigenvalue weighted by atomic mass is 9.97. The third-order valence-corrected chi connectivity index (χ3v) is 3.83. The Hall–Kier alpha value is -1.59. The molecular formula is C15H21N3O2. The van der Waals surface area contributed by atoms with Crippen LogP contribution in [0.5, 0.6) is 5.75 Å². The second kappa shape index (κ2) is 6.24. The Morgan fingerprint density at radius 1 is 1.40 bits per heavy atom. The summed E-state index contributed by atoms with van der Waals surface area (Å²) in [4.78, 5) is 4.32. The van der Waals surface area contributed by atoms with Crippen LogP contribution in [0, 0.1) is 0 Å². The summed E-state index contributed by atoms with van der Waals surface area (Å²) >= 11 is 0. The molecule has 2 N–H and O–H groups in total. The topological polar surface area (TPSA) is 55.4 Å². The predicted octanol–water partition coefficient (Wildman–Crippen LogP) is 1.22. The molecule has 3 heterocycles. The first kappa shape index (κ1) is 13.4. The molecule has 2 aliphatic heterocycles. The second-order valence-electron chi connectivity index (χ2n) is 5.22. The van der Waals surface area contributed by atoms with Crippen molar-refractivity contribution in [3.8, 4) is 5.75 Å². The van der Waals surface area contributed by atoms with Crippen molar-refractivity contribution in [2.45, 2.75) is 25.6 Å². The number of nitrogens with zero attached hydrogens (tertiary/aromatic N) is 1. The SMILES string of the molecule is COc1ccc(COC2CNC3=C(CNCC3)C2)nc1. The van der Waals surface area contributed by atoms with Gasteiger partial charge in [-0.05, 0) is 30.5 Å². The van der Waals surface area contributed by atoms with Crippen molar-refractivity contribution in [1.82, 2.24) is 15.6 Å². The zero-order chi connectivity index (χ0) is 13.8. The van der Waals surface area contributed by atoms with E-state index in [9.17, 15) is 0 Å². The number of ether oxygens (including phenoxy) is 2. The summed E-state index contributed by atoms with van der Waals surface area (Å²) in [6, 6.07) is 3.86. The molecule has 0 saturated carbocycles. The molecule has 0 aromatic carbocycles. The number of nitrogens with one attached hydrogen (secondary N) is 2. The van der Waals surface area contributed by atoms with Crippen LogP contribution in [-0.4, -0.2) is 37.8 Å². The van der Waals surface area contributed by atoms with Crippen molar-refractivity contribution in [2.75, 3.05) is 26.7 Å². The van der Waals surface area contributed by atoms with Gasteiger partial charge in [0.2, 0.25) is 0 Å². The summed E-state index contributed by atoms with van der Waals surface area (Å²) in [5, 5.41) is 6.91. The fourth-order valence-corrected chi connectivity index (χ4v) is 2.67. The van der Waals surface area contributed by atoms with Gasteiger partial charge in [-0.3, -0.25) is 4.98 Å². The molecule has 108 valence electrons. The normalized spacial score (nSPS) is 22.1. The van der Waals surface area contributed by atoms with Gasteiger partial charge in [0.05, 0.1) is 31.7 Å². The molecule has 1 unspecified atom stereocenters. The molecule has 0 fully saturated rings. The number of methoxy groups -OCH3 is 1. The van der Waals surface area contributed by atoms with Gasteiger partial charge in [-0.2, -0.15) is 0 Å². The molecule has 1 atom stereocenters. The Balaban J connectivity index is 1.52. The fourth-order valence-electron chi connectivity index (χ4n) is 2.67. The third-order valence-electron chi connectivity index (χ3n) is 3.83. The van der Waals surface area contributed by atoms with Crippen LogP contribution >= 0.6 is 0 Å². The van der Waals surface area contributed by atoms with Crippen LogP contribution in [0.3, 0.4) is 0 Å². The van der Waals surface area contributed by atoms with E-state index < -0.39 is 0 Å². The summed E-state index contributed by atoms with van der Waals surface area (Å²) in [7, 11) is 1.64. The largest absolute Gasteiger partial charge is 0.495 e. The smallest absolute Gasteiger partial charge is 0.137 e. The lowest BCUT2D eigenvalue weighted by Gasteiger charge is -2.31. The van der Waals surface area contributed by atoms with Gasteiger partial charge in [0.25, 0.3) is 0 Å². The lowest BCUT2D eigenvalue weighted by molar-refractivity contribution is 0.0356. The zero-order valence-electron chi connectivity index (χ0n) is 11.8. The van der Waals surface area contributed by atoms with Crippen LogP contribution in [0.25, 0.3) is 0 Å². The third kappa shape index (κ3) is 3.11. The van der Waals surface area contributed by atoms with Crippen molar-refractivity contribution < 1.29 is 9.47 Å². The van der Waals surface area contributed by atoms with Gasteiger partial charge >= 0.3 is 0 Å². The molecule has 2 aliphatic rings. The molecule has 0 aliphatic carbocycles. The minimum atomic E-state index is 0.234. The minimum Gasteiger partial charge on any atom is -0.495 e. The summed E-state index contributed by atoms with van der Waals surface area (Å²) in [5.74, 6) is 0.774. The average Bonchev–Trinajstić information content (AvgIpc) is 2.53. The average molecular weight is 275 g/mol. The maximum atomic E-state index is 5.96. The van der Waals surface area contributed by atoms with E-state index in [0.29, 0.717) is 6.61 Å². The van der Waals surface area contributed by atoms with Gasteiger partial charge in [-0.1, -0.05) is 0 Å². The van der Waals surface area contributed by atoms with Crippen molar-refractivity contribution in [3.63, 3.8) is 0 Å². The van der Waals surface area contributed by atoms with Gasteiger partial charge < -0.3 is 20.1 Å². The number of aromatic nitrogens is 1. The van der Waals surface area contributed by atoms with Crippen LogP contribution in [0.2, 0.25) is 0 Å². The number of pyridine rings is 1. The fraction of sp³-hybridized carbons (Fsp3) is 0.533. The van der Waals surface area contributed by atoms with E-state index in [1.807, 2.05) is 12.1 Å². The van der Waals surface area contributed by atoms with Crippen LogP contribution in [0.4, 0.5) is 0 Å². The van der Waals surface area contributed by atoms with Gasteiger partial charge in [0.1, 0.15) is 5.75 Å². The van der Waals surface area contributed by atoms with E-state index in [-0.39, 0.29) is 6.10 Å². The van der Waals surface area contributed by atoms with E-state index >= 15 is 0 Å². The van der Waals surface area contributed by atoms with Gasteiger partial charge in [-0.15, -0.1) is 0 Å². The maximum absolute atomic E-state index is 5.96. The summed E-state index contributed by atoms with van der Waals surface area (Å²) < 4.78 is 11.1. The molecule has 5 heteroatoms. The highest BCUT2D eigenvalue weighted by Crippen LogP contribution is 2.21. The lowest BCUT2D eigenvalue weighted by Crippen LogP contribution is -2.40. The molecule has 1 aromatic heterocycles. The molecule has 0 amide bonds. The first-order valence-corrected chi connectivity index (χ1v) is 7.11. The van der Waals surface area contributed by atoms with Crippen molar-refractivity contribution in [3.05, 3.63) is 35.3 Å².